The monoisotopic (exact) mass is 213 g/mol. The van der Waals surface area contributed by atoms with Crippen LogP contribution in [0.5, 0.6) is 0 Å². The maximum atomic E-state index is 11.3. The van der Waals surface area contributed by atoms with E-state index in [1.54, 1.807) is 13.8 Å². The normalized spacial score (nSPS) is 11.7. The molecule has 0 radical (unpaired) electrons. The molecule has 1 atom stereocenters. The molecular weight excluding hydrogens is 194 g/mol. The second-order valence-electron chi connectivity index (χ2n) is 3.76. The zero-order valence-electron chi connectivity index (χ0n) is 9.54. The molecule has 4 heteroatoms. The highest BCUT2D eigenvalue weighted by Gasteiger charge is 2.17. The zero-order valence-corrected chi connectivity index (χ0v) is 9.54. The van der Waals surface area contributed by atoms with Gasteiger partial charge in [0.1, 0.15) is 6.04 Å². The van der Waals surface area contributed by atoms with Crippen LogP contribution >= 0.6 is 0 Å². The van der Waals surface area contributed by atoms with E-state index in [-0.39, 0.29) is 5.91 Å². The molecule has 0 heterocycles. The van der Waals surface area contributed by atoms with Crippen molar-refractivity contribution in [3.63, 3.8) is 0 Å². The van der Waals surface area contributed by atoms with E-state index < -0.39 is 12.0 Å². The van der Waals surface area contributed by atoms with E-state index in [0.717, 1.165) is 18.4 Å². The molecule has 15 heavy (non-hydrogen) atoms. The minimum absolute atomic E-state index is 0.335. The van der Waals surface area contributed by atoms with Gasteiger partial charge >= 0.3 is 5.97 Å². The van der Waals surface area contributed by atoms with E-state index in [0.29, 0.717) is 6.42 Å². The number of hydrogen-bond acceptors (Lipinski definition) is 2. The number of amides is 1. The van der Waals surface area contributed by atoms with Gasteiger partial charge in [0, 0.05) is 6.08 Å². The molecular formula is C11H19NO3. The number of allylic oxidation sites excluding steroid dienone is 1. The Hall–Kier alpha value is -1.32. The molecule has 0 rings (SSSR count). The summed E-state index contributed by atoms with van der Waals surface area (Å²) in [6.07, 6.45) is 3.60. The van der Waals surface area contributed by atoms with E-state index in [1.165, 1.54) is 6.08 Å². The molecule has 4 nitrogen and oxygen atoms in total. The third-order valence-electron chi connectivity index (χ3n) is 1.88. The van der Waals surface area contributed by atoms with Crippen molar-refractivity contribution in [2.24, 2.45) is 0 Å². The molecule has 1 amide bonds. The first kappa shape index (κ1) is 13.7. The fourth-order valence-electron chi connectivity index (χ4n) is 1.14. The summed E-state index contributed by atoms with van der Waals surface area (Å²) in [5.41, 5.74) is 0.854. The van der Waals surface area contributed by atoms with Gasteiger partial charge in [-0.1, -0.05) is 25.3 Å². The van der Waals surface area contributed by atoms with Crippen LogP contribution in [-0.4, -0.2) is 23.0 Å². The highest BCUT2D eigenvalue weighted by Crippen LogP contribution is 2.01. The third kappa shape index (κ3) is 6.71. The van der Waals surface area contributed by atoms with Crippen LogP contribution in [0, 0.1) is 0 Å². The molecule has 0 saturated heterocycles. The number of aliphatic carboxylic acids is 1. The van der Waals surface area contributed by atoms with Crippen LogP contribution in [0.3, 0.4) is 0 Å². The lowest BCUT2D eigenvalue weighted by atomic mass is 10.1. The van der Waals surface area contributed by atoms with Gasteiger partial charge < -0.3 is 10.4 Å². The minimum atomic E-state index is -0.973. The Balaban J connectivity index is 4.22. The van der Waals surface area contributed by atoms with E-state index in [4.69, 9.17) is 5.11 Å². The molecule has 0 aliphatic carbocycles. The second-order valence-corrected chi connectivity index (χ2v) is 3.76. The molecule has 0 saturated carbocycles. The number of carbonyl (C=O) groups excluding carboxylic acids is 1. The Bertz CT molecular complexity index is 255. The number of rotatable bonds is 6. The molecule has 0 aromatic rings. The first-order valence-corrected chi connectivity index (χ1v) is 5.15. The quantitative estimate of drug-likeness (QED) is 0.660. The van der Waals surface area contributed by atoms with Gasteiger partial charge in [-0.25, -0.2) is 4.79 Å². The van der Waals surface area contributed by atoms with Gasteiger partial charge in [0.2, 0.25) is 5.91 Å². The topological polar surface area (TPSA) is 66.4 Å². The average Bonchev–Trinajstić information content (AvgIpc) is 2.10. The molecule has 0 bridgehead atoms. The van der Waals surface area contributed by atoms with E-state index in [2.05, 4.69) is 5.32 Å². The Morgan fingerprint density at radius 3 is 2.40 bits per heavy atom. The lowest BCUT2D eigenvalue weighted by Gasteiger charge is -2.12. The summed E-state index contributed by atoms with van der Waals surface area (Å²) in [4.78, 5) is 22.1. The SMILES string of the molecule is CCCC[C@H](NC(=O)C=C(C)C)C(=O)O. The lowest BCUT2D eigenvalue weighted by Crippen LogP contribution is -2.40. The molecule has 0 aliphatic rings. The van der Waals surface area contributed by atoms with Gasteiger partial charge in [-0.15, -0.1) is 0 Å². The van der Waals surface area contributed by atoms with Crippen molar-refractivity contribution in [2.75, 3.05) is 0 Å². The highest BCUT2D eigenvalue weighted by atomic mass is 16.4. The molecule has 2 N–H and O–H groups in total. The zero-order chi connectivity index (χ0) is 11.8. The van der Waals surface area contributed by atoms with E-state index in [1.807, 2.05) is 6.92 Å². The van der Waals surface area contributed by atoms with Crippen molar-refractivity contribution in [1.29, 1.82) is 0 Å². The molecule has 0 fully saturated rings. The summed E-state index contributed by atoms with van der Waals surface area (Å²) in [6.45, 7) is 5.57. The molecule has 0 spiro atoms. The summed E-state index contributed by atoms with van der Waals surface area (Å²) in [5.74, 6) is -1.31. The number of carbonyl (C=O) groups is 2. The average molecular weight is 213 g/mol. The number of hydrogen-bond donors (Lipinski definition) is 2. The molecule has 0 aromatic heterocycles. The van der Waals surface area contributed by atoms with Crippen molar-refractivity contribution in [2.45, 2.75) is 46.1 Å². The van der Waals surface area contributed by atoms with Crippen molar-refractivity contribution in [1.82, 2.24) is 5.32 Å². The van der Waals surface area contributed by atoms with Crippen LogP contribution in [-0.2, 0) is 9.59 Å². The maximum absolute atomic E-state index is 11.3. The number of unbranched alkanes of at least 4 members (excludes halogenated alkanes) is 1. The van der Waals surface area contributed by atoms with Gasteiger partial charge in [-0.05, 0) is 20.3 Å². The predicted octanol–water partition coefficient (Wildman–Crippen LogP) is 1.71. The molecule has 0 aliphatic heterocycles. The Labute approximate surface area is 90.4 Å². The third-order valence-corrected chi connectivity index (χ3v) is 1.88. The van der Waals surface area contributed by atoms with Crippen molar-refractivity contribution < 1.29 is 14.7 Å². The predicted molar refractivity (Wildman–Crippen MR) is 58.5 cm³/mol. The minimum Gasteiger partial charge on any atom is -0.480 e. The number of carboxylic acids is 1. The van der Waals surface area contributed by atoms with Gasteiger partial charge in [0.15, 0.2) is 0 Å². The fourth-order valence-corrected chi connectivity index (χ4v) is 1.14. The Kier molecular flexibility index (Phi) is 6.42. The maximum Gasteiger partial charge on any atom is 0.326 e. The van der Waals surface area contributed by atoms with Crippen LogP contribution in [0.25, 0.3) is 0 Å². The molecule has 0 unspecified atom stereocenters. The summed E-state index contributed by atoms with van der Waals surface area (Å²) in [7, 11) is 0. The van der Waals surface area contributed by atoms with Crippen molar-refractivity contribution >= 4 is 11.9 Å². The molecule has 0 aromatic carbocycles. The van der Waals surface area contributed by atoms with Gasteiger partial charge in [0.25, 0.3) is 0 Å². The van der Waals surface area contributed by atoms with Gasteiger partial charge in [-0.2, -0.15) is 0 Å². The standard InChI is InChI=1S/C11H19NO3/c1-4-5-6-9(11(14)15)12-10(13)7-8(2)3/h7,9H,4-6H2,1-3H3,(H,12,13)(H,14,15)/t9-/m0/s1. The van der Waals surface area contributed by atoms with Crippen LogP contribution in [0.2, 0.25) is 0 Å². The van der Waals surface area contributed by atoms with Crippen molar-refractivity contribution in [3.8, 4) is 0 Å². The first-order valence-electron chi connectivity index (χ1n) is 5.15. The molecule has 86 valence electrons. The van der Waals surface area contributed by atoms with Crippen LogP contribution < -0.4 is 5.32 Å². The Morgan fingerprint density at radius 2 is 2.00 bits per heavy atom. The van der Waals surface area contributed by atoms with Gasteiger partial charge in [0.05, 0.1) is 0 Å². The lowest BCUT2D eigenvalue weighted by molar-refractivity contribution is -0.141. The number of carboxylic acid groups (broad SMARTS) is 1. The van der Waals surface area contributed by atoms with Crippen LogP contribution in [0.1, 0.15) is 40.0 Å². The van der Waals surface area contributed by atoms with Crippen LogP contribution in [0.4, 0.5) is 0 Å². The Morgan fingerprint density at radius 1 is 1.40 bits per heavy atom. The van der Waals surface area contributed by atoms with Crippen LogP contribution in [0.15, 0.2) is 11.6 Å². The van der Waals surface area contributed by atoms with Gasteiger partial charge in [-0.3, -0.25) is 4.79 Å². The summed E-state index contributed by atoms with van der Waals surface area (Å²) >= 11 is 0. The van der Waals surface area contributed by atoms with E-state index in [9.17, 15) is 9.59 Å². The summed E-state index contributed by atoms with van der Waals surface area (Å²) in [6, 6.07) is -0.770. The summed E-state index contributed by atoms with van der Waals surface area (Å²) < 4.78 is 0. The first-order chi connectivity index (χ1) is 6.97. The second kappa shape index (κ2) is 7.04. The number of nitrogens with one attached hydrogen (secondary N) is 1. The highest BCUT2D eigenvalue weighted by molar-refractivity contribution is 5.91. The smallest absolute Gasteiger partial charge is 0.326 e. The van der Waals surface area contributed by atoms with E-state index >= 15 is 0 Å². The fraction of sp³-hybridized carbons (Fsp3) is 0.636. The van der Waals surface area contributed by atoms with Crippen molar-refractivity contribution in [3.05, 3.63) is 11.6 Å². The summed E-state index contributed by atoms with van der Waals surface area (Å²) in [5, 5.41) is 11.3. The largest absolute Gasteiger partial charge is 0.480 e.